The number of hydrogen-bond acceptors (Lipinski definition) is 1. The molecule has 0 unspecified atom stereocenters. The van der Waals surface area contributed by atoms with Gasteiger partial charge in [0.05, 0.1) is 20.1 Å². The molecule has 0 heterocycles. The van der Waals surface area contributed by atoms with Gasteiger partial charge in [-0.05, 0) is 18.6 Å². The number of Topliss-reactive ketones (excluding diaryl/α,β-unsaturated/α-hetero) is 1. The van der Waals surface area contributed by atoms with Crippen LogP contribution >= 0.6 is 46.4 Å². The topological polar surface area (TPSA) is 17.1 Å². The van der Waals surface area contributed by atoms with Crippen molar-refractivity contribution in [1.29, 1.82) is 0 Å². The number of carbonyl (C=O) groups is 1. The molecule has 0 spiro atoms. The molecule has 2 rings (SSSR count). The summed E-state index contributed by atoms with van der Waals surface area (Å²) in [4.78, 5) is 11.2. The van der Waals surface area contributed by atoms with Crippen molar-refractivity contribution in [2.45, 2.75) is 6.92 Å². The van der Waals surface area contributed by atoms with Gasteiger partial charge < -0.3 is 0 Å². The maximum atomic E-state index is 11.2. The second-order valence-corrected chi connectivity index (χ2v) is 5.55. The Morgan fingerprint density at radius 1 is 0.895 bits per heavy atom. The fourth-order valence-corrected chi connectivity index (χ4v) is 2.83. The molecular formula is C14H8Cl4O. The van der Waals surface area contributed by atoms with E-state index in [-0.39, 0.29) is 10.8 Å². The van der Waals surface area contributed by atoms with Crippen molar-refractivity contribution in [3.8, 4) is 11.1 Å². The van der Waals surface area contributed by atoms with Crippen LogP contribution in [0.25, 0.3) is 11.1 Å². The van der Waals surface area contributed by atoms with Gasteiger partial charge in [0.2, 0.25) is 0 Å². The van der Waals surface area contributed by atoms with Crippen molar-refractivity contribution in [2.75, 3.05) is 0 Å². The van der Waals surface area contributed by atoms with Gasteiger partial charge in [-0.25, -0.2) is 0 Å². The third-order valence-electron chi connectivity index (χ3n) is 2.69. The maximum absolute atomic E-state index is 11.2. The standard InChI is InChI=1S/C14H8Cl4O/c1-7(19)8-2-4-9(5-3-8)12-10(15)6-11(16)13(17)14(12)18/h2-6H,1H3. The highest BCUT2D eigenvalue weighted by Gasteiger charge is 2.15. The first-order valence-electron chi connectivity index (χ1n) is 5.36. The quantitative estimate of drug-likeness (QED) is 0.365. The maximum Gasteiger partial charge on any atom is 0.159 e. The molecule has 0 saturated carbocycles. The summed E-state index contributed by atoms with van der Waals surface area (Å²) < 4.78 is 0. The monoisotopic (exact) mass is 332 g/mol. The highest BCUT2D eigenvalue weighted by Crippen LogP contribution is 2.42. The highest BCUT2D eigenvalue weighted by atomic mass is 35.5. The summed E-state index contributed by atoms with van der Waals surface area (Å²) in [6.45, 7) is 1.51. The van der Waals surface area contributed by atoms with Crippen molar-refractivity contribution < 1.29 is 4.79 Å². The molecule has 0 aromatic heterocycles. The van der Waals surface area contributed by atoms with Gasteiger partial charge in [-0.2, -0.15) is 0 Å². The minimum absolute atomic E-state index is 0.00196. The molecule has 98 valence electrons. The Balaban J connectivity index is 2.59. The fraction of sp³-hybridized carbons (Fsp3) is 0.0714. The van der Waals surface area contributed by atoms with Crippen LogP contribution in [0.3, 0.4) is 0 Å². The van der Waals surface area contributed by atoms with E-state index in [4.69, 9.17) is 46.4 Å². The summed E-state index contributed by atoms with van der Waals surface area (Å²) in [6.07, 6.45) is 0. The first kappa shape index (κ1) is 14.7. The van der Waals surface area contributed by atoms with Gasteiger partial charge in [0.15, 0.2) is 5.78 Å². The summed E-state index contributed by atoms with van der Waals surface area (Å²) in [5, 5.41) is 1.28. The zero-order chi connectivity index (χ0) is 14.2. The summed E-state index contributed by atoms with van der Waals surface area (Å²) in [7, 11) is 0. The van der Waals surface area contributed by atoms with Crippen molar-refractivity contribution in [1.82, 2.24) is 0 Å². The summed E-state index contributed by atoms with van der Waals surface area (Å²) in [5.41, 5.74) is 2.00. The molecule has 2 aromatic carbocycles. The minimum atomic E-state index is -0.00196. The van der Waals surface area contributed by atoms with Crippen LogP contribution in [0.2, 0.25) is 20.1 Å². The first-order valence-corrected chi connectivity index (χ1v) is 6.87. The summed E-state index contributed by atoms with van der Waals surface area (Å²) in [5.74, 6) is -0.00196. The average Bonchev–Trinajstić information content (AvgIpc) is 2.37. The van der Waals surface area contributed by atoms with Gasteiger partial charge in [0, 0.05) is 11.1 Å². The van der Waals surface area contributed by atoms with Crippen LogP contribution in [0.1, 0.15) is 17.3 Å². The zero-order valence-corrected chi connectivity index (χ0v) is 12.8. The van der Waals surface area contributed by atoms with E-state index in [0.717, 1.165) is 5.56 Å². The lowest BCUT2D eigenvalue weighted by Crippen LogP contribution is -1.91. The van der Waals surface area contributed by atoms with Crippen LogP contribution in [0, 0.1) is 0 Å². The lowest BCUT2D eigenvalue weighted by atomic mass is 10.0. The number of hydrogen-bond donors (Lipinski definition) is 0. The molecule has 0 amide bonds. The van der Waals surface area contributed by atoms with Crippen molar-refractivity contribution in [3.63, 3.8) is 0 Å². The van der Waals surface area contributed by atoms with Gasteiger partial charge in [-0.1, -0.05) is 70.7 Å². The van der Waals surface area contributed by atoms with E-state index in [2.05, 4.69) is 0 Å². The minimum Gasteiger partial charge on any atom is -0.295 e. The number of benzene rings is 2. The predicted octanol–water partition coefficient (Wildman–Crippen LogP) is 6.17. The second-order valence-electron chi connectivity index (χ2n) is 3.98. The lowest BCUT2D eigenvalue weighted by Gasteiger charge is -2.10. The van der Waals surface area contributed by atoms with E-state index in [1.807, 2.05) is 0 Å². The van der Waals surface area contributed by atoms with Crippen molar-refractivity contribution in [2.24, 2.45) is 0 Å². The molecular weight excluding hydrogens is 326 g/mol. The molecule has 0 fully saturated rings. The summed E-state index contributed by atoms with van der Waals surface area (Å²) >= 11 is 24.2. The number of carbonyl (C=O) groups excluding carboxylic acids is 1. The Labute approximate surface area is 131 Å². The van der Waals surface area contributed by atoms with Gasteiger partial charge in [-0.15, -0.1) is 0 Å². The van der Waals surface area contributed by atoms with Crippen LogP contribution < -0.4 is 0 Å². The molecule has 1 nitrogen and oxygen atoms in total. The van der Waals surface area contributed by atoms with Crippen molar-refractivity contribution in [3.05, 3.63) is 56.0 Å². The first-order chi connectivity index (χ1) is 8.91. The van der Waals surface area contributed by atoms with Gasteiger partial charge in [-0.3, -0.25) is 4.79 Å². The van der Waals surface area contributed by atoms with Crippen LogP contribution in [-0.4, -0.2) is 5.78 Å². The van der Waals surface area contributed by atoms with Crippen LogP contribution in [-0.2, 0) is 0 Å². The van der Waals surface area contributed by atoms with Gasteiger partial charge in [0.25, 0.3) is 0 Å². The molecule has 0 atom stereocenters. The third-order valence-corrected chi connectivity index (χ3v) is 4.25. The molecule has 5 heteroatoms. The Kier molecular flexibility index (Phi) is 4.42. The molecule has 19 heavy (non-hydrogen) atoms. The second kappa shape index (κ2) is 5.72. The van der Waals surface area contributed by atoms with E-state index in [1.54, 1.807) is 30.3 Å². The molecule has 0 aliphatic rings. The molecule has 0 radical (unpaired) electrons. The molecule has 0 saturated heterocycles. The Morgan fingerprint density at radius 3 is 2.00 bits per heavy atom. The summed E-state index contributed by atoms with van der Waals surface area (Å²) in [6, 6.07) is 8.52. The zero-order valence-electron chi connectivity index (χ0n) is 9.81. The van der Waals surface area contributed by atoms with E-state index < -0.39 is 0 Å². The van der Waals surface area contributed by atoms with Gasteiger partial charge in [0.1, 0.15) is 0 Å². The Morgan fingerprint density at radius 2 is 1.47 bits per heavy atom. The van der Waals surface area contributed by atoms with Crippen molar-refractivity contribution >= 4 is 52.2 Å². The molecule has 0 aliphatic heterocycles. The number of ketones is 1. The smallest absolute Gasteiger partial charge is 0.159 e. The highest BCUT2D eigenvalue weighted by molar-refractivity contribution is 6.51. The normalized spacial score (nSPS) is 10.6. The largest absolute Gasteiger partial charge is 0.295 e. The van der Waals surface area contributed by atoms with E-state index in [1.165, 1.54) is 6.92 Å². The van der Waals surface area contributed by atoms with E-state index in [0.29, 0.717) is 26.2 Å². The van der Waals surface area contributed by atoms with Crippen LogP contribution in [0.5, 0.6) is 0 Å². The average molecular weight is 334 g/mol. The third kappa shape index (κ3) is 2.90. The number of halogens is 4. The fourth-order valence-electron chi connectivity index (χ4n) is 1.70. The number of rotatable bonds is 2. The van der Waals surface area contributed by atoms with E-state index >= 15 is 0 Å². The molecule has 0 aliphatic carbocycles. The predicted molar refractivity (Wildman–Crippen MR) is 81.9 cm³/mol. The SMILES string of the molecule is CC(=O)c1ccc(-c2c(Cl)cc(Cl)c(Cl)c2Cl)cc1. The Hall–Kier alpha value is -0.730. The van der Waals surface area contributed by atoms with E-state index in [9.17, 15) is 4.79 Å². The molecule has 0 N–H and O–H groups in total. The Bertz CT molecular complexity index is 647. The van der Waals surface area contributed by atoms with Crippen LogP contribution in [0.15, 0.2) is 30.3 Å². The molecule has 2 aromatic rings. The lowest BCUT2D eigenvalue weighted by molar-refractivity contribution is 0.101. The van der Waals surface area contributed by atoms with Crippen LogP contribution in [0.4, 0.5) is 0 Å². The van der Waals surface area contributed by atoms with Gasteiger partial charge >= 0.3 is 0 Å². The molecule has 0 bridgehead atoms.